The first-order valence-corrected chi connectivity index (χ1v) is 4.21. The molecule has 0 bridgehead atoms. The van der Waals surface area contributed by atoms with Gasteiger partial charge in [0.2, 0.25) is 0 Å². The van der Waals surface area contributed by atoms with E-state index in [0.29, 0.717) is 11.5 Å². The van der Waals surface area contributed by atoms with Crippen LogP contribution in [0.1, 0.15) is 29.9 Å². The van der Waals surface area contributed by atoms with E-state index in [9.17, 15) is 4.39 Å². The number of hydrogen-bond acceptors (Lipinski definition) is 1. The maximum atomic E-state index is 13.4. The molecule has 2 rings (SSSR count). The first-order valence-electron chi connectivity index (χ1n) is 4.21. The summed E-state index contributed by atoms with van der Waals surface area (Å²) >= 11 is 0. The van der Waals surface area contributed by atoms with Crippen LogP contribution >= 0.6 is 0 Å². The van der Waals surface area contributed by atoms with Gasteiger partial charge in [0, 0.05) is 5.56 Å². The summed E-state index contributed by atoms with van der Waals surface area (Å²) in [7, 11) is 0. The van der Waals surface area contributed by atoms with Crippen LogP contribution in [0.25, 0.3) is 0 Å². The third-order valence-corrected chi connectivity index (χ3v) is 2.30. The van der Waals surface area contributed by atoms with Gasteiger partial charge < -0.3 is 5.11 Å². The molecule has 64 valence electrons. The first kappa shape index (κ1) is 7.74. The van der Waals surface area contributed by atoms with Crippen molar-refractivity contribution < 1.29 is 9.50 Å². The summed E-state index contributed by atoms with van der Waals surface area (Å²) in [5, 5.41) is 8.81. The lowest BCUT2D eigenvalue weighted by Crippen LogP contribution is -1.94. The zero-order valence-corrected chi connectivity index (χ0v) is 6.76. The molecular weight excluding hydrogens is 155 g/mol. The molecular formula is C10H11FO. The molecule has 12 heavy (non-hydrogen) atoms. The van der Waals surface area contributed by atoms with E-state index in [1.54, 1.807) is 6.07 Å². The summed E-state index contributed by atoms with van der Waals surface area (Å²) in [6.45, 7) is -0.202. The molecule has 0 saturated heterocycles. The molecule has 1 nitrogen and oxygen atoms in total. The molecule has 2 heteroatoms. The van der Waals surface area contributed by atoms with Gasteiger partial charge in [-0.3, -0.25) is 0 Å². The van der Waals surface area contributed by atoms with Crippen LogP contribution in [0.3, 0.4) is 0 Å². The molecule has 0 aromatic heterocycles. The molecule has 0 amide bonds. The largest absolute Gasteiger partial charge is 0.392 e. The standard InChI is InChI=1S/C10H11FO/c11-10-8(6-12)2-1-3-9(10)7-4-5-7/h1-3,7,12H,4-6H2. The molecule has 1 aliphatic carbocycles. The third kappa shape index (κ3) is 1.23. The summed E-state index contributed by atoms with van der Waals surface area (Å²) in [6.07, 6.45) is 2.18. The van der Waals surface area contributed by atoms with Crippen molar-refractivity contribution in [3.05, 3.63) is 35.1 Å². The van der Waals surface area contributed by atoms with Gasteiger partial charge >= 0.3 is 0 Å². The van der Waals surface area contributed by atoms with E-state index in [1.807, 2.05) is 12.1 Å². The Balaban J connectivity index is 2.40. The summed E-state index contributed by atoms with van der Waals surface area (Å²) in [4.78, 5) is 0. The highest BCUT2D eigenvalue weighted by Gasteiger charge is 2.26. The molecule has 0 unspecified atom stereocenters. The molecule has 1 aromatic rings. The van der Waals surface area contributed by atoms with Crippen LogP contribution < -0.4 is 0 Å². The lowest BCUT2D eigenvalue weighted by atomic mass is 10.1. The highest BCUT2D eigenvalue weighted by Crippen LogP contribution is 2.41. The number of aliphatic hydroxyl groups excluding tert-OH is 1. The second-order valence-corrected chi connectivity index (χ2v) is 3.25. The van der Waals surface area contributed by atoms with E-state index in [4.69, 9.17) is 5.11 Å². The Bertz CT molecular complexity index is 292. The number of halogens is 1. The minimum absolute atomic E-state index is 0.202. The zero-order valence-electron chi connectivity index (χ0n) is 6.76. The third-order valence-electron chi connectivity index (χ3n) is 2.30. The second-order valence-electron chi connectivity index (χ2n) is 3.25. The van der Waals surface area contributed by atoms with E-state index in [-0.39, 0.29) is 12.4 Å². The Labute approximate surface area is 70.8 Å². The van der Waals surface area contributed by atoms with E-state index < -0.39 is 0 Å². The highest BCUT2D eigenvalue weighted by molar-refractivity contribution is 5.30. The molecule has 1 fully saturated rings. The Kier molecular flexibility index (Phi) is 1.85. The van der Waals surface area contributed by atoms with Crippen LogP contribution in [-0.4, -0.2) is 5.11 Å². The Hall–Kier alpha value is -0.890. The lowest BCUT2D eigenvalue weighted by Gasteiger charge is -2.03. The van der Waals surface area contributed by atoms with E-state index in [1.165, 1.54) is 0 Å². The van der Waals surface area contributed by atoms with Gasteiger partial charge in [0.1, 0.15) is 5.82 Å². The summed E-state index contributed by atoms with van der Waals surface area (Å²) in [5.41, 5.74) is 1.20. The monoisotopic (exact) mass is 166 g/mol. The maximum absolute atomic E-state index is 13.4. The van der Waals surface area contributed by atoms with Crippen LogP contribution in [0, 0.1) is 5.82 Å². The van der Waals surface area contributed by atoms with Crippen LogP contribution in [0.5, 0.6) is 0 Å². The van der Waals surface area contributed by atoms with Crippen molar-refractivity contribution in [1.29, 1.82) is 0 Å². The fourth-order valence-corrected chi connectivity index (χ4v) is 1.43. The Morgan fingerprint density at radius 1 is 1.42 bits per heavy atom. The van der Waals surface area contributed by atoms with Crippen LogP contribution in [0.15, 0.2) is 18.2 Å². The van der Waals surface area contributed by atoms with Crippen molar-refractivity contribution in [2.45, 2.75) is 25.4 Å². The minimum Gasteiger partial charge on any atom is -0.392 e. The van der Waals surface area contributed by atoms with Crippen molar-refractivity contribution in [3.63, 3.8) is 0 Å². The molecule has 1 N–H and O–H groups in total. The number of benzene rings is 1. The highest BCUT2D eigenvalue weighted by atomic mass is 19.1. The fourth-order valence-electron chi connectivity index (χ4n) is 1.43. The molecule has 0 spiro atoms. The molecule has 0 aliphatic heterocycles. The van der Waals surface area contributed by atoms with E-state index in [2.05, 4.69) is 0 Å². The smallest absolute Gasteiger partial charge is 0.132 e. The van der Waals surface area contributed by atoms with Gasteiger partial charge in [0.25, 0.3) is 0 Å². The summed E-state index contributed by atoms with van der Waals surface area (Å²) in [6, 6.07) is 5.25. The Morgan fingerprint density at radius 2 is 2.17 bits per heavy atom. The molecule has 0 atom stereocenters. The quantitative estimate of drug-likeness (QED) is 0.714. The Morgan fingerprint density at radius 3 is 2.75 bits per heavy atom. The average Bonchev–Trinajstić information content (AvgIpc) is 2.88. The maximum Gasteiger partial charge on any atom is 0.132 e. The van der Waals surface area contributed by atoms with Crippen LogP contribution in [-0.2, 0) is 6.61 Å². The number of hydrogen-bond donors (Lipinski definition) is 1. The molecule has 0 heterocycles. The molecule has 1 aromatic carbocycles. The van der Waals surface area contributed by atoms with Gasteiger partial charge in [-0.15, -0.1) is 0 Å². The molecule has 1 aliphatic rings. The number of aliphatic hydroxyl groups is 1. The predicted octanol–water partition coefficient (Wildman–Crippen LogP) is 2.20. The van der Waals surface area contributed by atoms with Crippen molar-refractivity contribution in [2.75, 3.05) is 0 Å². The van der Waals surface area contributed by atoms with Gasteiger partial charge in [-0.1, -0.05) is 18.2 Å². The van der Waals surface area contributed by atoms with E-state index in [0.717, 1.165) is 18.4 Å². The molecule has 1 saturated carbocycles. The van der Waals surface area contributed by atoms with Crippen molar-refractivity contribution >= 4 is 0 Å². The summed E-state index contributed by atoms with van der Waals surface area (Å²) < 4.78 is 13.4. The fraction of sp³-hybridized carbons (Fsp3) is 0.400. The van der Waals surface area contributed by atoms with Crippen LogP contribution in [0.2, 0.25) is 0 Å². The molecule has 0 radical (unpaired) electrons. The zero-order chi connectivity index (χ0) is 8.55. The van der Waals surface area contributed by atoms with E-state index >= 15 is 0 Å². The first-order chi connectivity index (χ1) is 5.83. The lowest BCUT2D eigenvalue weighted by molar-refractivity contribution is 0.275. The number of rotatable bonds is 2. The van der Waals surface area contributed by atoms with Gasteiger partial charge in [0.15, 0.2) is 0 Å². The van der Waals surface area contributed by atoms with Crippen LogP contribution in [0.4, 0.5) is 4.39 Å². The normalized spacial score (nSPS) is 16.5. The summed E-state index contributed by atoms with van der Waals surface area (Å²) in [5.74, 6) is 0.207. The van der Waals surface area contributed by atoms with Crippen molar-refractivity contribution in [2.24, 2.45) is 0 Å². The minimum atomic E-state index is -0.206. The second kappa shape index (κ2) is 2.87. The topological polar surface area (TPSA) is 20.2 Å². The van der Waals surface area contributed by atoms with Gasteiger partial charge in [-0.05, 0) is 24.3 Å². The predicted molar refractivity (Wildman–Crippen MR) is 44.3 cm³/mol. The average molecular weight is 166 g/mol. The SMILES string of the molecule is OCc1cccc(C2CC2)c1F. The van der Waals surface area contributed by atoms with Gasteiger partial charge in [0.05, 0.1) is 6.61 Å². The van der Waals surface area contributed by atoms with Gasteiger partial charge in [-0.25, -0.2) is 4.39 Å². The van der Waals surface area contributed by atoms with Gasteiger partial charge in [-0.2, -0.15) is 0 Å². The van der Waals surface area contributed by atoms with Crippen molar-refractivity contribution in [1.82, 2.24) is 0 Å². The van der Waals surface area contributed by atoms with Crippen molar-refractivity contribution in [3.8, 4) is 0 Å².